The highest BCUT2D eigenvalue weighted by Gasteiger charge is 2.25. The van der Waals surface area contributed by atoms with Gasteiger partial charge in [-0.05, 0) is 36.8 Å². The Hall–Kier alpha value is -3.54. The molecular formula is C22H20N2O4. The van der Waals surface area contributed by atoms with Gasteiger partial charge < -0.3 is 19.6 Å². The summed E-state index contributed by atoms with van der Waals surface area (Å²) in [5.74, 6) is 0.995. The van der Waals surface area contributed by atoms with Crippen LogP contribution in [0.15, 0.2) is 68.8 Å². The Balaban J connectivity index is 1.83. The molecule has 0 saturated heterocycles. The molecule has 4 rings (SSSR count). The summed E-state index contributed by atoms with van der Waals surface area (Å²) >= 11 is 0. The topological polar surface area (TPSA) is 84.1 Å². The quantitative estimate of drug-likeness (QED) is 0.710. The Labute approximate surface area is 162 Å². The fourth-order valence-corrected chi connectivity index (χ4v) is 3.37. The maximum absolute atomic E-state index is 12.5. The number of hydrogen-bond acceptors (Lipinski definition) is 6. The minimum Gasteiger partial charge on any atom is -0.507 e. The summed E-state index contributed by atoms with van der Waals surface area (Å²) in [6.07, 6.45) is 0.405. The van der Waals surface area contributed by atoms with E-state index in [1.54, 1.807) is 14.0 Å². The van der Waals surface area contributed by atoms with Crippen molar-refractivity contribution in [2.24, 2.45) is 4.99 Å². The minimum absolute atomic E-state index is 0.0996. The molecule has 6 nitrogen and oxygen atoms in total. The first-order chi connectivity index (χ1) is 13.5. The number of aliphatic imine (C=N–C) groups is 1. The van der Waals surface area contributed by atoms with Crippen LogP contribution in [-0.4, -0.2) is 17.9 Å². The Morgan fingerprint density at radius 2 is 1.93 bits per heavy atom. The SMILES string of the molecule is COc1ccc([C@@H]2CC(c3c(O)cc(C)oc3=O)=Nc3ccccc3N2)cc1. The van der Waals surface area contributed by atoms with Gasteiger partial charge in [0.1, 0.15) is 22.8 Å². The van der Waals surface area contributed by atoms with Gasteiger partial charge in [-0.2, -0.15) is 0 Å². The van der Waals surface area contributed by atoms with E-state index < -0.39 is 5.63 Å². The molecule has 28 heavy (non-hydrogen) atoms. The number of rotatable bonds is 3. The molecule has 0 spiro atoms. The van der Waals surface area contributed by atoms with Crippen molar-refractivity contribution >= 4 is 17.1 Å². The Kier molecular flexibility index (Phi) is 4.61. The highest BCUT2D eigenvalue weighted by Crippen LogP contribution is 2.36. The summed E-state index contributed by atoms with van der Waals surface area (Å²) in [6.45, 7) is 1.62. The second kappa shape index (κ2) is 7.23. The molecule has 0 fully saturated rings. The third-order valence-electron chi connectivity index (χ3n) is 4.75. The van der Waals surface area contributed by atoms with E-state index in [-0.39, 0.29) is 17.4 Å². The Bertz CT molecular complexity index is 1100. The van der Waals surface area contributed by atoms with Gasteiger partial charge in [0.2, 0.25) is 0 Å². The number of hydrogen-bond donors (Lipinski definition) is 2. The number of fused-ring (bicyclic) bond motifs is 1. The Morgan fingerprint density at radius 3 is 2.64 bits per heavy atom. The number of benzene rings is 2. The molecule has 2 N–H and O–H groups in total. The van der Waals surface area contributed by atoms with Gasteiger partial charge in [0, 0.05) is 12.5 Å². The van der Waals surface area contributed by atoms with Crippen molar-refractivity contribution in [3.05, 3.63) is 81.9 Å². The van der Waals surface area contributed by atoms with Crippen molar-refractivity contribution in [3.63, 3.8) is 0 Å². The molecule has 2 heterocycles. The van der Waals surface area contributed by atoms with Gasteiger partial charge >= 0.3 is 5.63 Å². The molecule has 1 aliphatic rings. The van der Waals surface area contributed by atoms with Gasteiger partial charge in [-0.15, -0.1) is 0 Å². The van der Waals surface area contributed by atoms with Crippen LogP contribution in [0.2, 0.25) is 0 Å². The van der Waals surface area contributed by atoms with Gasteiger partial charge in [-0.25, -0.2) is 4.79 Å². The molecule has 0 saturated carbocycles. The lowest BCUT2D eigenvalue weighted by atomic mass is 9.97. The predicted molar refractivity (Wildman–Crippen MR) is 108 cm³/mol. The summed E-state index contributed by atoms with van der Waals surface area (Å²) in [5.41, 5.74) is 2.56. The van der Waals surface area contributed by atoms with Gasteiger partial charge in [-0.3, -0.25) is 4.99 Å². The molecule has 3 aromatic rings. The number of nitrogens with zero attached hydrogens (tertiary/aromatic N) is 1. The molecule has 0 aliphatic carbocycles. The van der Waals surface area contributed by atoms with Crippen LogP contribution in [0.25, 0.3) is 0 Å². The zero-order valence-electron chi connectivity index (χ0n) is 15.6. The van der Waals surface area contributed by atoms with E-state index in [1.807, 2.05) is 48.5 Å². The van der Waals surface area contributed by atoms with Gasteiger partial charge in [0.05, 0.1) is 30.2 Å². The number of anilines is 1. The van der Waals surface area contributed by atoms with Crippen LogP contribution in [0.3, 0.4) is 0 Å². The zero-order chi connectivity index (χ0) is 19.7. The van der Waals surface area contributed by atoms with Crippen LogP contribution in [0, 0.1) is 6.92 Å². The summed E-state index contributed by atoms with van der Waals surface area (Å²) < 4.78 is 10.4. The normalized spacial score (nSPS) is 15.8. The maximum Gasteiger partial charge on any atom is 0.348 e. The lowest BCUT2D eigenvalue weighted by Gasteiger charge is -2.19. The highest BCUT2D eigenvalue weighted by molar-refractivity contribution is 6.05. The maximum atomic E-state index is 12.5. The number of para-hydroxylation sites is 2. The molecule has 0 radical (unpaired) electrons. The summed E-state index contributed by atoms with van der Waals surface area (Å²) in [5, 5.41) is 13.9. The van der Waals surface area contributed by atoms with Crippen LogP contribution in [0.4, 0.5) is 11.4 Å². The highest BCUT2D eigenvalue weighted by atomic mass is 16.5. The number of methoxy groups -OCH3 is 1. The van der Waals surface area contributed by atoms with Gasteiger partial charge in [-0.1, -0.05) is 24.3 Å². The summed E-state index contributed by atoms with van der Waals surface area (Å²) in [7, 11) is 1.62. The Morgan fingerprint density at radius 1 is 1.18 bits per heavy atom. The van der Waals surface area contributed by atoms with Crippen LogP contribution >= 0.6 is 0 Å². The van der Waals surface area contributed by atoms with Crippen molar-refractivity contribution in [3.8, 4) is 11.5 Å². The monoisotopic (exact) mass is 376 g/mol. The number of aromatic hydroxyl groups is 1. The molecule has 1 aliphatic heterocycles. The van der Waals surface area contributed by atoms with E-state index in [4.69, 9.17) is 9.15 Å². The third-order valence-corrected chi connectivity index (χ3v) is 4.75. The first kappa shape index (κ1) is 17.9. The standard InChI is InChI=1S/C22H20N2O4/c1-13-11-20(25)21(22(26)28-13)19-12-18(14-7-9-15(27-2)10-8-14)23-16-5-3-4-6-17(16)24-19/h3-11,18,23,25H,12H2,1-2H3/t18-/m0/s1. The largest absolute Gasteiger partial charge is 0.507 e. The summed E-state index contributed by atoms with van der Waals surface area (Å²) in [4.78, 5) is 17.1. The lowest BCUT2D eigenvalue weighted by molar-refractivity contribution is 0.414. The fraction of sp³-hybridized carbons (Fsp3) is 0.182. The van der Waals surface area contributed by atoms with E-state index in [1.165, 1.54) is 6.07 Å². The first-order valence-electron chi connectivity index (χ1n) is 8.96. The van der Waals surface area contributed by atoms with E-state index >= 15 is 0 Å². The first-order valence-corrected chi connectivity index (χ1v) is 8.96. The zero-order valence-corrected chi connectivity index (χ0v) is 15.6. The van der Waals surface area contributed by atoms with Crippen LogP contribution in [-0.2, 0) is 0 Å². The van der Waals surface area contributed by atoms with E-state index in [0.29, 0.717) is 23.6 Å². The van der Waals surface area contributed by atoms with Crippen molar-refractivity contribution < 1.29 is 14.3 Å². The number of ether oxygens (including phenoxy) is 1. The van der Waals surface area contributed by atoms with Gasteiger partial charge in [0.25, 0.3) is 0 Å². The van der Waals surface area contributed by atoms with Crippen LogP contribution < -0.4 is 15.7 Å². The smallest absolute Gasteiger partial charge is 0.348 e. The molecule has 1 aromatic heterocycles. The van der Waals surface area contributed by atoms with Crippen LogP contribution in [0.1, 0.15) is 29.3 Å². The molecule has 2 aromatic carbocycles. The molecule has 0 bridgehead atoms. The molecule has 0 amide bonds. The average Bonchev–Trinajstić information content (AvgIpc) is 2.87. The number of aryl methyl sites for hydroxylation is 1. The fourth-order valence-electron chi connectivity index (χ4n) is 3.37. The van der Waals surface area contributed by atoms with Crippen molar-refractivity contribution in [2.75, 3.05) is 12.4 Å². The predicted octanol–water partition coefficient (Wildman–Crippen LogP) is 4.34. The minimum atomic E-state index is -0.593. The molecule has 1 atom stereocenters. The third kappa shape index (κ3) is 3.36. The summed E-state index contributed by atoms with van der Waals surface area (Å²) in [6, 6.07) is 16.6. The van der Waals surface area contributed by atoms with Gasteiger partial charge in [0.15, 0.2) is 0 Å². The number of nitrogens with one attached hydrogen (secondary N) is 1. The van der Waals surface area contributed by atoms with E-state index in [2.05, 4.69) is 10.3 Å². The molecule has 142 valence electrons. The van der Waals surface area contributed by atoms with Crippen molar-refractivity contribution in [1.29, 1.82) is 0 Å². The molecule has 0 unspecified atom stereocenters. The van der Waals surface area contributed by atoms with Crippen molar-refractivity contribution in [2.45, 2.75) is 19.4 Å². The second-order valence-corrected chi connectivity index (χ2v) is 6.65. The molecule has 6 heteroatoms. The van der Waals surface area contributed by atoms with Crippen LogP contribution in [0.5, 0.6) is 11.5 Å². The van der Waals surface area contributed by atoms with Crippen molar-refractivity contribution in [1.82, 2.24) is 0 Å². The average molecular weight is 376 g/mol. The van der Waals surface area contributed by atoms with E-state index in [9.17, 15) is 9.90 Å². The lowest BCUT2D eigenvalue weighted by Crippen LogP contribution is -2.19. The second-order valence-electron chi connectivity index (χ2n) is 6.65. The van der Waals surface area contributed by atoms with E-state index in [0.717, 1.165) is 17.0 Å². The molecular weight excluding hydrogens is 356 g/mol.